The zero-order chi connectivity index (χ0) is 44.7. The van der Waals surface area contributed by atoms with Gasteiger partial charge in [-0.2, -0.15) is 0 Å². The first kappa shape index (κ1) is 46.2. The highest BCUT2D eigenvalue weighted by atomic mass is 16.7. The number of hydrogen-bond donors (Lipinski definition) is 0. The lowest BCUT2D eigenvalue weighted by Crippen LogP contribution is -2.56. The van der Waals surface area contributed by atoms with E-state index in [2.05, 4.69) is 23.7 Å². The Hall–Kier alpha value is -5.36. The molecule has 0 aromatic heterocycles. The minimum Gasteiger partial charge on any atom is -0.493 e. The quantitative estimate of drug-likeness (QED) is 0.114. The minimum atomic E-state index is -1.62. The maximum atomic E-state index is 12.7. The van der Waals surface area contributed by atoms with Crippen LogP contribution < -0.4 is 18.9 Å². The zero-order valence-electron chi connectivity index (χ0n) is 37.6. The molecular formula is C50H62O12. The molecule has 2 aromatic rings. The van der Waals surface area contributed by atoms with Crippen molar-refractivity contribution >= 4 is 23.9 Å². The second-order valence-electron chi connectivity index (χ2n) is 17.4. The summed E-state index contributed by atoms with van der Waals surface area (Å²) in [6, 6.07) is 11.4. The molecule has 4 fully saturated rings. The van der Waals surface area contributed by atoms with E-state index in [0.717, 1.165) is 62.5 Å². The first-order valence-electron chi connectivity index (χ1n) is 22.1. The van der Waals surface area contributed by atoms with E-state index in [9.17, 15) is 19.2 Å². The fraction of sp³-hybridized carbons (Fsp3) is 0.600. The Labute approximate surface area is 366 Å². The number of rotatable bonds is 12. The molecule has 0 amide bonds. The molecule has 12 nitrogen and oxygen atoms in total. The fourth-order valence-corrected chi connectivity index (χ4v) is 10.4. The molecule has 0 spiro atoms. The largest absolute Gasteiger partial charge is 0.493 e. The van der Waals surface area contributed by atoms with Crippen molar-refractivity contribution in [3.63, 3.8) is 0 Å². The van der Waals surface area contributed by atoms with Gasteiger partial charge in [0, 0.05) is 40.5 Å². The Kier molecular flexibility index (Phi) is 14.4. The SMILES string of the molecule is COc1ccc(C2(C#CC#CC3(c4ccc(OC)c(OC5CCCC5)c4)CCCC(OC(C)=O)(OC(C)=O)C3C)CCCC(OC(C)=O)(OC(C)=O)C2C)cc1OC1CCCC1. The van der Waals surface area contributed by atoms with Crippen LogP contribution in [0.5, 0.6) is 23.0 Å². The number of methoxy groups -OCH3 is 2. The lowest BCUT2D eigenvalue weighted by atomic mass is 9.60. The van der Waals surface area contributed by atoms with E-state index >= 15 is 0 Å². The number of hydrogen-bond acceptors (Lipinski definition) is 12. The van der Waals surface area contributed by atoms with E-state index in [1.165, 1.54) is 27.7 Å². The van der Waals surface area contributed by atoms with Crippen LogP contribution in [0, 0.1) is 35.5 Å². The van der Waals surface area contributed by atoms with Crippen molar-refractivity contribution in [3.05, 3.63) is 47.5 Å². The van der Waals surface area contributed by atoms with Gasteiger partial charge in [0.2, 0.25) is 0 Å². The van der Waals surface area contributed by atoms with Gasteiger partial charge < -0.3 is 37.9 Å². The van der Waals surface area contributed by atoms with Crippen molar-refractivity contribution in [1.82, 2.24) is 0 Å². The van der Waals surface area contributed by atoms with Crippen LogP contribution in [0.15, 0.2) is 36.4 Å². The van der Waals surface area contributed by atoms with E-state index in [-0.39, 0.29) is 25.0 Å². The smallest absolute Gasteiger partial charge is 0.305 e. The average molecular weight is 855 g/mol. The van der Waals surface area contributed by atoms with Gasteiger partial charge in [-0.25, -0.2) is 0 Å². The lowest BCUT2D eigenvalue weighted by Gasteiger charge is -2.49. The van der Waals surface area contributed by atoms with Crippen molar-refractivity contribution in [1.29, 1.82) is 0 Å². The monoisotopic (exact) mass is 854 g/mol. The zero-order valence-corrected chi connectivity index (χ0v) is 37.6. The Morgan fingerprint density at radius 2 is 0.839 bits per heavy atom. The Bertz CT molecular complexity index is 1930. The van der Waals surface area contributed by atoms with E-state index in [4.69, 9.17) is 37.9 Å². The second kappa shape index (κ2) is 19.4. The molecule has 0 aliphatic heterocycles. The Morgan fingerprint density at radius 3 is 1.15 bits per heavy atom. The van der Waals surface area contributed by atoms with Gasteiger partial charge in [0.1, 0.15) is 0 Å². The van der Waals surface area contributed by atoms with Gasteiger partial charge in [0.05, 0.1) is 49.1 Å². The fourth-order valence-electron chi connectivity index (χ4n) is 10.4. The Balaban J connectivity index is 1.54. The maximum Gasteiger partial charge on any atom is 0.305 e. The summed E-state index contributed by atoms with van der Waals surface area (Å²) in [6.45, 7) is 8.96. The number of benzene rings is 2. The molecular weight excluding hydrogens is 793 g/mol. The predicted molar refractivity (Wildman–Crippen MR) is 229 cm³/mol. The van der Waals surface area contributed by atoms with Gasteiger partial charge in [-0.3, -0.25) is 19.2 Å². The van der Waals surface area contributed by atoms with Gasteiger partial charge in [0.25, 0.3) is 11.6 Å². The Morgan fingerprint density at radius 1 is 0.500 bits per heavy atom. The number of carbonyl (C=O) groups excluding carboxylic acids is 4. The lowest BCUT2D eigenvalue weighted by molar-refractivity contribution is -0.262. The molecule has 0 heterocycles. The highest BCUT2D eigenvalue weighted by Gasteiger charge is 2.58. The molecule has 334 valence electrons. The molecule has 4 saturated carbocycles. The third-order valence-corrected chi connectivity index (χ3v) is 13.4. The van der Waals surface area contributed by atoms with Crippen LogP contribution in [-0.2, 0) is 49.0 Å². The molecule has 4 atom stereocenters. The minimum absolute atomic E-state index is 0.0406. The topological polar surface area (TPSA) is 142 Å². The number of esters is 4. The van der Waals surface area contributed by atoms with Crippen molar-refractivity contribution in [2.75, 3.05) is 14.2 Å². The molecule has 12 heteroatoms. The molecule has 4 aliphatic carbocycles. The molecule has 6 rings (SSSR count). The van der Waals surface area contributed by atoms with E-state index in [1.54, 1.807) is 14.2 Å². The summed E-state index contributed by atoms with van der Waals surface area (Å²) in [7, 11) is 3.20. The number of carbonyl (C=O) groups is 4. The number of ether oxygens (including phenoxy) is 8. The van der Waals surface area contributed by atoms with Gasteiger partial charge in [-0.1, -0.05) is 37.8 Å². The summed E-state index contributed by atoms with van der Waals surface area (Å²) < 4.78 is 48.5. The molecule has 62 heavy (non-hydrogen) atoms. The van der Waals surface area contributed by atoms with E-state index < -0.39 is 58.1 Å². The van der Waals surface area contributed by atoms with Gasteiger partial charge in [-0.15, -0.1) is 0 Å². The summed E-state index contributed by atoms with van der Waals surface area (Å²) >= 11 is 0. The predicted octanol–water partition coefficient (Wildman–Crippen LogP) is 8.81. The van der Waals surface area contributed by atoms with Gasteiger partial charge in [0.15, 0.2) is 23.0 Å². The highest BCUT2D eigenvalue weighted by Crippen LogP contribution is 2.53. The summed E-state index contributed by atoms with van der Waals surface area (Å²) in [5.41, 5.74) is -0.593. The first-order chi connectivity index (χ1) is 29.6. The highest BCUT2D eigenvalue weighted by molar-refractivity contribution is 5.70. The first-order valence-corrected chi connectivity index (χ1v) is 22.1. The van der Waals surface area contributed by atoms with Crippen molar-refractivity contribution in [2.24, 2.45) is 11.8 Å². The van der Waals surface area contributed by atoms with Crippen molar-refractivity contribution in [3.8, 4) is 46.7 Å². The van der Waals surface area contributed by atoms with Crippen LogP contribution in [0.2, 0.25) is 0 Å². The molecule has 2 aromatic carbocycles. The van der Waals surface area contributed by atoms with Crippen LogP contribution >= 0.6 is 0 Å². The van der Waals surface area contributed by atoms with Crippen LogP contribution in [-0.4, -0.2) is 61.9 Å². The van der Waals surface area contributed by atoms with E-state index in [1.807, 2.05) is 50.2 Å². The van der Waals surface area contributed by atoms with Gasteiger partial charge >= 0.3 is 23.9 Å². The standard InChI is InChI=1S/C50H62O12/c1-33-47(27-15-29-49(33,59-35(3)51)60-36(4)52,39-21-23-43(55-7)45(31-39)57-41-17-9-10-18-41)25-13-14-26-48(28-16-30-50(34(48)2,61-37(5)53)62-38(6)54)40-22-24-44(56-8)46(32-40)58-42-19-11-12-20-42/h21-24,31-34,41-42H,9-12,15-20,27-30H2,1-8H3. The molecule has 4 aliphatic rings. The van der Waals surface area contributed by atoms with E-state index in [0.29, 0.717) is 48.7 Å². The second-order valence-corrected chi connectivity index (χ2v) is 17.4. The van der Waals surface area contributed by atoms with Crippen LogP contribution in [0.1, 0.15) is 143 Å². The molecule has 0 N–H and O–H groups in total. The summed E-state index contributed by atoms with van der Waals surface area (Å²) in [5.74, 6) is 8.88. The molecule has 0 bridgehead atoms. The normalized spacial score (nSPS) is 25.4. The van der Waals surface area contributed by atoms with Crippen molar-refractivity contribution < 1.29 is 57.1 Å². The molecule has 0 radical (unpaired) electrons. The summed E-state index contributed by atoms with van der Waals surface area (Å²) in [4.78, 5) is 50.9. The summed E-state index contributed by atoms with van der Waals surface area (Å²) in [5, 5.41) is 0. The third-order valence-electron chi connectivity index (χ3n) is 13.4. The van der Waals surface area contributed by atoms with Crippen molar-refractivity contribution in [2.45, 2.75) is 166 Å². The van der Waals surface area contributed by atoms with Crippen LogP contribution in [0.25, 0.3) is 0 Å². The molecule has 0 saturated heterocycles. The third kappa shape index (κ3) is 9.65. The molecule has 4 unspecified atom stereocenters. The van der Waals surface area contributed by atoms with Crippen LogP contribution in [0.4, 0.5) is 0 Å². The van der Waals surface area contributed by atoms with Gasteiger partial charge in [-0.05, 0) is 124 Å². The van der Waals surface area contributed by atoms with Crippen LogP contribution in [0.3, 0.4) is 0 Å². The average Bonchev–Trinajstić information content (AvgIpc) is 3.94. The maximum absolute atomic E-state index is 12.7. The summed E-state index contributed by atoms with van der Waals surface area (Å²) in [6.07, 6.45) is 10.8.